The quantitative estimate of drug-likeness (QED) is 0.715. The Morgan fingerprint density at radius 2 is 1.74 bits per heavy atom. The number of amides is 1. The largest absolute Gasteiger partial charge is 0.497 e. The topological polar surface area (TPSA) is 47.6 Å². The zero-order valence-corrected chi connectivity index (χ0v) is 16.3. The lowest BCUT2D eigenvalue weighted by Gasteiger charge is -2.19. The van der Waals surface area contributed by atoms with E-state index in [1.807, 2.05) is 18.2 Å². The molecule has 2 aromatic rings. The molecule has 4 nitrogen and oxygen atoms in total. The molecule has 2 aromatic carbocycles. The highest BCUT2D eigenvalue weighted by molar-refractivity contribution is 5.80. The van der Waals surface area contributed by atoms with Crippen molar-refractivity contribution in [3.05, 3.63) is 59.2 Å². The number of fused-ring (bicyclic) bond motifs is 1. The number of methoxy groups -OCH3 is 1. The van der Waals surface area contributed by atoms with E-state index in [1.165, 1.54) is 29.5 Å². The van der Waals surface area contributed by atoms with Gasteiger partial charge in [-0.1, -0.05) is 18.2 Å². The van der Waals surface area contributed by atoms with Crippen LogP contribution in [0.15, 0.2) is 42.5 Å². The van der Waals surface area contributed by atoms with Gasteiger partial charge < -0.3 is 14.8 Å². The number of hydrogen-bond acceptors (Lipinski definition) is 3. The van der Waals surface area contributed by atoms with Crippen molar-refractivity contribution in [3.8, 4) is 11.5 Å². The number of carbonyl (C=O) groups is 1. The van der Waals surface area contributed by atoms with Gasteiger partial charge in [-0.3, -0.25) is 4.79 Å². The Hall–Kier alpha value is -2.49. The molecule has 0 unspecified atom stereocenters. The summed E-state index contributed by atoms with van der Waals surface area (Å²) in [5, 5.41) is 2.97. The van der Waals surface area contributed by atoms with Crippen LogP contribution in [-0.2, 0) is 24.1 Å². The normalized spacial score (nSPS) is 14.1. The highest BCUT2D eigenvalue weighted by Gasteiger charge is 2.16. The predicted octanol–water partition coefficient (Wildman–Crippen LogP) is 4.09. The van der Waals surface area contributed by atoms with E-state index in [4.69, 9.17) is 9.47 Å². The summed E-state index contributed by atoms with van der Waals surface area (Å²) in [7, 11) is 1.66. The van der Waals surface area contributed by atoms with Crippen molar-refractivity contribution in [1.29, 1.82) is 0 Å². The maximum atomic E-state index is 12.3. The van der Waals surface area contributed by atoms with Crippen molar-refractivity contribution in [2.75, 3.05) is 13.7 Å². The lowest BCUT2D eigenvalue weighted by Crippen LogP contribution is -2.37. The highest BCUT2D eigenvalue weighted by Crippen LogP contribution is 2.25. The third-order valence-electron chi connectivity index (χ3n) is 5.10. The molecule has 0 bridgehead atoms. The number of benzene rings is 2. The van der Waals surface area contributed by atoms with Crippen LogP contribution in [0.25, 0.3) is 0 Å². The second-order valence-electron chi connectivity index (χ2n) is 7.14. The number of hydrogen-bond donors (Lipinski definition) is 1. The van der Waals surface area contributed by atoms with Gasteiger partial charge in [0, 0.05) is 6.54 Å². The van der Waals surface area contributed by atoms with Crippen molar-refractivity contribution >= 4 is 5.91 Å². The molecule has 3 rings (SSSR count). The molecule has 1 aliphatic carbocycles. The number of aryl methyl sites for hydroxylation is 3. The Balaban J connectivity index is 1.41. The number of carbonyl (C=O) groups excluding carboxylic acids is 1. The molecule has 4 heteroatoms. The molecular formula is C23H29NO3. The molecule has 1 N–H and O–H groups in total. The van der Waals surface area contributed by atoms with Crippen LogP contribution in [0.2, 0.25) is 0 Å². The number of rotatable bonds is 8. The summed E-state index contributed by atoms with van der Waals surface area (Å²) in [6.45, 7) is 2.45. The molecule has 1 atom stereocenters. The summed E-state index contributed by atoms with van der Waals surface area (Å²) in [5.41, 5.74) is 4.03. The minimum atomic E-state index is -0.493. The van der Waals surface area contributed by atoms with Crippen LogP contribution < -0.4 is 14.8 Å². The molecule has 0 saturated carbocycles. The molecule has 144 valence electrons. The average molecular weight is 367 g/mol. The average Bonchev–Trinajstić information content (AvgIpc) is 2.71. The third-order valence-corrected chi connectivity index (χ3v) is 5.10. The Kier molecular flexibility index (Phi) is 6.74. The van der Waals surface area contributed by atoms with E-state index in [0.29, 0.717) is 6.54 Å². The fourth-order valence-corrected chi connectivity index (χ4v) is 3.48. The fourth-order valence-electron chi connectivity index (χ4n) is 3.48. The third kappa shape index (κ3) is 5.49. The van der Waals surface area contributed by atoms with Gasteiger partial charge in [0.25, 0.3) is 5.91 Å². The van der Waals surface area contributed by atoms with Gasteiger partial charge in [0.2, 0.25) is 0 Å². The molecule has 0 saturated heterocycles. The summed E-state index contributed by atoms with van der Waals surface area (Å²) < 4.78 is 11.0. The molecule has 1 amide bonds. The molecule has 0 radical (unpaired) electrons. The van der Waals surface area contributed by atoms with Gasteiger partial charge in [0.15, 0.2) is 6.10 Å². The van der Waals surface area contributed by atoms with E-state index in [-0.39, 0.29) is 5.91 Å². The summed E-state index contributed by atoms with van der Waals surface area (Å²) in [4.78, 5) is 12.3. The Bertz CT molecular complexity index is 755. The van der Waals surface area contributed by atoms with Crippen LogP contribution in [0.4, 0.5) is 0 Å². The van der Waals surface area contributed by atoms with Gasteiger partial charge in [0.05, 0.1) is 7.11 Å². The first-order chi connectivity index (χ1) is 13.2. The van der Waals surface area contributed by atoms with Crippen LogP contribution in [-0.4, -0.2) is 25.7 Å². The minimum absolute atomic E-state index is 0.0672. The zero-order chi connectivity index (χ0) is 19.1. The predicted molar refractivity (Wildman–Crippen MR) is 107 cm³/mol. The first kappa shape index (κ1) is 19.3. The molecule has 0 spiro atoms. The highest BCUT2D eigenvalue weighted by atomic mass is 16.5. The van der Waals surface area contributed by atoms with Gasteiger partial charge in [-0.15, -0.1) is 0 Å². The van der Waals surface area contributed by atoms with Crippen molar-refractivity contribution < 1.29 is 14.3 Å². The fraction of sp³-hybridized carbons (Fsp3) is 0.435. The van der Waals surface area contributed by atoms with Crippen LogP contribution >= 0.6 is 0 Å². The van der Waals surface area contributed by atoms with E-state index >= 15 is 0 Å². The Labute approximate surface area is 161 Å². The Morgan fingerprint density at radius 3 is 2.48 bits per heavy atom. The van der Waals surface area contributed by atoms with Crippen LogP contribution in [0.1, 0.15) is 42.9 Å². The van der Waals surface area contributed by atoms with Gasteiger partial charge in [-0.25, -0.2) is 0 Å². The van der Waals surface area contributed by atoms with Gasteiger partial charge in [0.1, 0.15) is 11.5 Å². The van der Waals surface area contributed by atoms with Crippen LogP contribution in [0, 0.1) is 0 Å². The zero-order valence-electron chi connectivity index (χ0n) is 16.3. The molecule has 1 aliphatic rings. The molecular weight excluding hydrogens is 338 g/mol. The van der Waals surface area contributed by atoms with E-state index in [1.54, 1.807) is 14.0 Å². The van der Waals surface area contributed by atoms with Crippen LogP contribution in [0.5, 0.6) is 11.5 Å². The molecule has 0 heterocycles. The maximum Gasteiger partial charge on any atom is 0.260 e. The molecule has 0 fully saturated rings. The molecule has 27 heavy (non-hydrogen) atoms. The first-order valence-electron chi connectivity index (χ1n) is 9.85. The van der Waals surface area contributed by atoms with Crippen molar-refractivity contribution in [2.45, 2.75) is 51.6 Å². The monoisotopic (exact) mass is 367 g/mol. The SMILES string of the molecule is COc1ccc(CCCNC(=O)[C@@H](C)Oc2ccc3c(c2)CCCC3)cc1. The van der Waals surface area contributed by atoms with Gasteiger partial charge in [-0.05, 0) is 86.4 Å². The number of ether oxygens (including phenoxy) is 2. The summed E-state index contributed by atoms with van der Waals surface area (Å²) in [6, 6.07) is 14.3. The van der Waals surface area contributed by atoms with E-state index < -0.39 is 6.10 Å². The second-order valence-corrected chi connectivity index (χ2v) is 7.14. The smallest absolute Gasteiger partial charge is 0.260 e. The lowest BCUT2D eigenvalue weighted by atomic mass is 9.92. The summed E-state index contributed by atoms with van der Waals surface area (Å²) in [5.74, 6) is 1.58. The van der Waals surface area contributed by atoms with Crippen molar-refractivity contribution in [1.82, 2.24) is 5.32 Å². The summed E-state index contributed by atoms with van der Waals surface area (Å²) >= 11 is 0. The van der Waals surface area contributed by atoms with Crippen LogP contribution in [0.3, 0.4) is 0 Å². The first-order valence-corrected chi connectivity index (χ1v) is 9.85. The standard InChI is InChI=1S/C23H29NO3/c1-17(27-22-14-11-19-7-3-4-8-20(19)16-22)23(25)24-15-5-6-18-9-12-21(26-2)13-10-18/h9-14,16-17H,3-8,15H2,1-2H3,(H,24,25)/t17-/m1/s1. The molecule has 0 aromatic heterocycles. The van der Waals surface area contributed by atoms with Gasteiger partial charge >= 0.3 is 0 Å². The Morgan fingerprint density at radius 1 is 1.04 bits per heavy atom. The second kappa shape index (κ2) is 9.45. The lowest BCUT2D eigenvalue weighted by molar-refractivity contribution is -0.127. The van der Waals surface area contributed by atoms with Crippen molar-refractivity contribution in [3.63, 3.8) is 0 Å². The van der Waals surface area contributed by atoms with Crippen molar-refractivity contribution in [2.24, 2.45) is 0 Å². The minimum Gasteiger partial charge on any atom is -0.497 e. The summed E-state index contributed by atoms with van der Waals surface area (Å²) in [6.07, 6.45) is 6.09. The molecule has 0 aliphatic heterocycles. The van der Waals surface area contributed by atoms with E-state index in [9.17, 15) is 4.79 Å². The number of nitrogens with one attached hydrogen (secondary N) is 1. The maximum absolute atomic E-state index is 12.3. The van der Waals surface area contributed by atoms with E-state index in [0.717, 1.165) is 37.2 Å². The van der Waals surface area contributed by atoms with Gasteiger partial charge in [-0.2, -0.15) is 0 Å². The van der Waals surface area contributed by atoms with E-state index in [2.05, 4.69) is 29.6 Å².